The van der Waals surface area contributed by atoms with Crippen molar-refractivity contribution in [2.75, 3.05) is 24.5 Å². The van der Waals surface area contributed by atoms with Crippen molar-refractivity contribution in [2.24, 2.45) is 0 Å². The lowest BCUT2D eigenvalue weighted by Crippen LogP contribution is -2.32. The molecule has 0 unspecified atom stereocenters. The fraction of sp³-hybridized carbons (Fsp3) is 0.600. The average Bonchev–Trinajstić information content (AvgIpc) is 2.47. The summed E-state index contributed by atoms with van der Waals surface area (Å²) < 4.78 is 0. The van der Waals surface area contributed by atoms with E-state index >= 15 is 0 Å². The highest BCUT2D eigenvalue weighted by Gasteiger charge is 2.38. The molecule has 0 spiro atoms. The van der Waals surface area contributed by atoms with Gasteiger partial charge in [-0.25, -0.2) is 0 Å². The van der Waals surface area contributed by atoms with E-state index in [0.717, 1.165) is 26.1 Å². The zero-order chi connectivity index (χ0) is 12.0. The van der Waals surface area contributed by atoms with Crippen molar-refractivity contribution in [3.05, 3.63) is 28.8 Å². The number of nitrogens with zero attached hydrogens (tertiary/aromatic N) is 1. The predicted molar refractivity (Wildman–Crippen MR) is 72.8 cm³/mol. The number of benzene rings is 1. The third-order valence-corrected chi connectivity index (χ3v) is 4.18. The Morgan fingerprint density at radius 2 is 2.18 bits per heavy atom. The molecule has 2 aliphatic rings. The first kappa shape index (κ1) is 11.1. The van der Waals surface area contributed by atoms with Crippen LogP contribution in [0.2, 0.25) is 0 Å². The van der Waals surface area contributed by atoms with E-state index in [1.165, 1.54) is 17.7 Å². The van der Waals surface area contributed by atoms with E-state index in [0.29, 0.717) is 5.41 Å². The molecule has 3 rings (SSSR count). The molecule has 0 bridgehead atoms. The summed E-state index contributed by atoms with van der Waals surface area (Å²) in [4.78, 5) is 2.59. The molecule has 92 valence electrons. The van der Waals surface area contributed by atoms with Gasteiger partial charge in [-0.1, -0.05) is 32.9 Å². The van der Waals surface area contributed by atoms with Gasteiger partial charge in [-0.05, 0) is 23.1 Å². The van der Waals surface area contributed by atoms with Crippen LogP contribution in [-0.2, 0) is 18.4 Å². The van der Waals surface area contributed by atoms with E-state index in [-0.39, 0.29) is 0 Å². The van der Waals surface area contributed by atoms with Gasteiger partial charge in [0.1, 0.15) is 0 Å². The number of nitrogens with one attached hydrogen (secondary N) is 1. The number of rotatable bonds is 1. The maximum absolute atomic E-state index is 3.52. The molecule has 0 atom stereocenters. The summed E-state index contributed by atoms with van der Waals surface area (Å²) in [6.45, 7) is 11.5. The molecule has 1 N–H and O–H groups in total. The minimum absolute atomic E-state index is 0.314. The van der Waals surface area contributed by atoms with Crippen molar-refractivity contribution in [3.63, 3.8) is 0 Å². The molecule has 0 saturated heterocycles. The first-order valence-corrected chi connectivity index (χ1v) is 6.74. The number of hydrogen-bond acceptors (Lipinski definition) is 2. The summed E-state index contributed by atoms with van der Waals surface area (Å²) >= 11 is 0. The lowest BCUT2D eigenvalue weighted by Gasteiger charge is -2.22. The second kappa shape index (κ2) is 3.74. The van der Waals surface area contributed by atoms with E-state index in [1.54, 1.807) is 11.3 Å². The van der Waals surface area contributed by atoms with Crippen molar-refractivity contribution in [1.82, 2.24) is 5.32 Å². The monoisotopic (exact) mass is 230 g/mol. The van der Waals surface area contributed by atoms with E-state index in [2.05, 4.69) is 43.1 Å². The van der Waals surface area contributed by atoms with Crippen LogP contribution >= 0.6 is 0 Å². The Morgan fingerprint density at radius 3 is 2.94 bits per heavy atom. The Morgan fingerprint density at radius 1 is 1.35 bits per heavy atom. The van der Waals surface area contributed by atoms with Crippen LogP contribution in [0.3, 0.4) is 0 Å². The van der Waals surface area contributed by atoms with E-state index in [9.17, 15) is 0 Å². The number of anilines is 1. The van der Waals surface area contributed by atoms with E-state index < -0.39 is 0 Å². The largest absolute Gasteiger partial charge is 0.369 e. The molecule has 2 heteroatoms. The molecule has 1 aromatic carbocycles. The minimum Gasteiger partial charge on any atom is -0.369 e. The van der Waals surface area contributed by atoms with Gasteiger partial charge in [-0.15, -0.1) is 0 Å². The molecule has 0 amide bonds. The highest BCUT2D eigenvalue weighted by molar-refractivity contribution is 5.69. The standard InChI is InChI=1S/C15H22N2/c1-4-11-5-6-12-9-16-7-8-17-10-15(2,3)13(11)14(12)17/h5-6,16H,4,7-10H2,1-3H3. The van der Waals surface area contributed by atoms with Gasteiger partial charge in [0.2, 0.25) is 0 Å². The van der Waals surface area contributed by atoms with Crippen LogP contribution in [0.4, 0.5) is 5.69 Å². The molecule has 0 fully saturated rings. The van der Waals surface area contributed by atoms with Gasteiger partial charge in [0, 0.05) is 37.3 Å². The van der Waals surface area contributed by atoms with Crippen molar-refractivity contribution in [3.8, 4) is 0 Å². The molecule has 0 radical (unpaired) electrons. The van der Waals surface area contributed by atoms with Crippen LogP contribution in [0.15, 0.2) is 12.1 Å². The van der Waals surface area contributed by atoms with E-state index in [4.69, 9.17) is 0 Å². The lowest BCUT2D eigenvalue weighted by molar-refractivity contribution is 0.541. The quantitative estimate of drug-likeness (QED) is 0.797. The maximum Gasteiger partial charge on any atom is 0.0454 e. The molecule has 2 aliphatic heterocycles. The molecule has 0 saturated carbocycles. The zero-order valence-corrected chi connectivity index (χ0v) is 11.1. The molecule has 17 heavy (non-hydrogen) atoms. The van der Waals surface area contributed by atoms with Gasteiger partial charge >= 0.3 is 0 Å². The fourth-order valence-electron chi connectivity index (χ4n) is 3.49. The summed E-state index contributed by atoms with van der Waals surface area (Å²) in [7, 11) is 0. The van der Waals surface area contributed by atoms with Crippen molar-refractivity contribution < 1.29 is 0 Å². The molecular formula is C15H22N2. The maximum atomic E-state index is 3.52. The van der Waals surface area contributed by atoms with Crippen LogP contribution in [-0.4, -0.2) is 19.6 Å². The fourth-order valence-corrected chi connectivity index (χ4v) is 3.49. The Kier molecular flexibility index (Phi) is 2.44. The predicted octanol–water partition coefficient (Wildman–Crippen LogP) is 2.45. The highest BCUT2D eigenvalue weighted by Crippen LogP contribution is 2.45. The van der Waals surface area contributed by atoms with Gasteiger partial charge in [0.15, 0.2) is 0 Å². The SMILES string of the molecule is CCc1ccc2c3c1C(C)(C)CN3CCNC2. The Balaban J connectivity index is 2.24. The summed E-state index contributed by atoms with van der Waals surface area (Å²) in [5.41, 5.74) is 6.49. The first-order chi connectivity index (χ1) is 8.13. The smallest absolute Gasteiger partial charge is 0.0454 e. The molecule has 2 nitrogen and oxygen atoms in total. The van der Waals surface area contributed by atoms with Gasteiger partial charge in [0.05, 0.1) is 0 Å². The Bertz CT molecular complexity index is 448. The lowest BCUT2D eigenvalue weighted by atomic mass is 9.82. The number of hydrogen-bond donors (Lipinski definition) is 1. The topological polar surface area (TPSA) is 15.3 Å². The van der Waals surface area contributed by atoms with Gasteiger partial charge in [0.25, 0.3) is 0 Å². The molecule has 2 heterocycles. The first-order valence-electron chi connectivity index (χ1n) is 6.74. The number of aryl methyl sites for hydroxylation is 1. The van der Waals surface area contributed by atoms with Crippen molar-refractivity contribution in [1.29, 1.82) is 0 Å². The summed E-state index contributed by atoms with van der Waals surface area (Å²) in [6, 6.07) is 4.66. The van der Waals surface area contributed by atoms with E-state index in [1.807, 2.05) is 0 Å². The highest BCUT2D eigenvalue weighted by atomic mass is 15.2. The summed E-state index contributed by atoms with van der Waals surface area (Å²) in [6.07, 6.45) is 1.15. The third kappa shape index (κ3) is 1.58. The van der Waals surface area contributed by atoms with Crippen LogP contribution in [0.5, 0.6) is 0 Å². The van der Waals surface area contributed by atoms with Gasteiger partial charge < -0.3 is 10.2 Å². The van der Waals surface area contributed by atoms with Crippen LogP contribution in [0, 0.1) is 0 Å². The van der Waals surface area contributed by atoms with Gasteiger partial charge in [-0.3, -0.25) is 0 Å². The minimum atomic E-state index is 0.314. The Hall–Kier alpha value is -1.02. The molecule has 0 aromatic heterocycles. The third-order valence-electron chi connectivity index (χ3n) is 4.18. The zero-order valence-electron chi connectivity index (χ0n) is 11.1. The molecule has 0 aliphatic carbocycles. The molecule has 1 aromatic rings. The normalized spacial score (nSPS) is 21.2. The van der Waals surface area contributed by atoms with Gasteiger partial charge in [-0.2, -0.15) is 0 Å². The molecular weight excluding hydrogens is 208 g/mol. The van der Waals surface area contributed by atoms with Crippen LogP contribution in [0.1, 0.15) is 37.5 Å². The average molecular weight is 230 g/mol. The Labute approximate surface area is 104 Å². The van der Waals surface area contributed by atoms with Crippen LogP contribution < -0.4 is 10.2 Å². The van der Waals surface area contributed by atoms with Crippen molar-refractivity contribution in [2.45, 2.75) is 39.2 Å². The summed E-state index contributed by atoms with van der Waals surface area (Å²) in [5.74, 6) is 0. The van der Waals surface area contributed by atoms with Crippen molar-refractivity contribution >= 4 is 5.69 Å². The van der Waals surface area contributed by atoms with Crippen LogP contribution in [0.25, 0.3) is 0 Å². The second-order valence-corrected chi connectivity index (χ2v) is 5.94. The summed E-state index contributed by atoms with van der Waals surface area (Å²) in [5, 5.41) is 3.52. The second-order valence-electron chi connectivity index (χ2n) is 5.94.